The van der Waals surface area contributed by atoms with Crippen LogP contribution in [0.4, 0.5) is 15.1 Å². The third kappa shape index (κ3) is 3.99. The molecule has 0 bridgehead atoms. The van der Waals surface area contributed by atoms with Crippen LogP contribution in [0.15, 0.2) is 47.3 Å². The van der Waals surface area contributed by atoms with Crippen LogP contribution < -0.4 is 10.5 Å². The van der Waals surface area contributed by atoms with E-state index in [9.17, 15) is 14.0 Å². The van der Waals surface area contributed by atoms with Gasteiger partial charge in [0.1, 0.15) is 16.9 Å². The molecule has 0 saturated heterocycles. The number of carbonyl (C=O) groups excluding carboxylic acids is 1. The highest BCUT2D eigenvalue weighted by atomic mass is 19.1. The van der Waals surface area contributed by atoms with Crippen molar-refractivity contribution in [2.75, 3.05) is 11.4 Å². The van der Waals surface area contributed by atoms with Crippen LogP contribution in [0.2, 0.25) is 0 Å². The molecular formula is C22H24FN3O3. The lowest BCUT2D eigenvalue weighted by molar-refractivity contribution is 0.0579. The predicted molar refractivity (Wildman–Crippen MR) is 111 cm³/mol. The standard InChI is InChI=1S/C22H24FN3O3/c1-6-25(21(28)29-22(3,4)5)20-24-18-16(23)13-12-14(2)17(18)19(27)26(20)15-10-8-7-9-11-15/h7-13H,6H2,1-5H3. The lowest BCUT2D eigenvalue weighted by atomic mass is 10.1. The monoisotopic (exact) mass is 397 g/mol. The lowest BCUT2D eigenvalue weighted by Gasteiger charge is -2.27. The maximum Gasteiger partial charge on any atom is 0.417 e. The Morgan fingerprint density at radius 2 is 1.83 bits per heavy atom. The molecule has 0 unspecified atom stereocenters. The second-order valence-electron chi connectivity index (χ2n) is 7.70. The molecule has 1 aromatic heterocycles. The second-order valence-corrected chi connectivity index (χ2v) is 7.70. The smallest absolute Gasteiger partial charge is 0.417 e. The predicted octanol–water partition coefficient (Wildman–Crippen LogP) is 4.59. The summed E-state index contributed by atoms with van der Waals surface area (Å²) in [6.45, 7) is 8.90. The molecule has 0 fully saturated rings. The number of aryl methyl sites for hydroxylation is 1. The number of fused-ring (bicyclic) bond motifs is 1. The Hall–Kier alpha value is -3.22. The highest BCUT2D eigenvalue weighted by molar-refractivity contribution is 5.89. The number of rotatable bonds is 3. The molecule has 2 aromatic carbocycles. The molecule has 0 spiro atoms. The van der Waals surface area contributed by atoms with Gasteiger partial charge >= 0.3 is 6.09 Å². The van der Waals surface area contributed by atoms with Crippen molar-refractivity contribution < 1.29 is 13.9 Å². The molecule has 29 heavy (non-hydrogen) atoms. The van der Waals surface area contributed by atoms with Gasteiger partial charge in [-0.25, -0.2) is 23.6 Å². The van der Waals surface area contributed by atoms with E-state index in [-0.39, 0.29) is 23.4 Å². The van der Waals surface area contributed by atoms with Crippen LogP contribution in [0.5, 0.6) is 0 Å². The van der Waals surface area contributed by atoms with Gasteiger partial charge in [0.15, 0.2) is 0 Å². The van der Waals surface area contributed by atoms with Gasteiger partial charge in [0, 0.05) is 6.54 Å². The Balaban J connectivity index is 2.36. The summed E-state index contributed by atoms with van der Waals surface area (Å²) in [5, 5.41) is 0.179. The third-order valence-corrected chi connectivity index (χ3v) is 4.35. The zero-order chi connectivity index (χ0) is 21.3. The van der Waals surface area contributed by atoms with E-state index in [0.717, 1.165) is 0 Å². The minimum atomic E-state index is -0.735. The number of benzene rings is 2. The summed E-state index contributed by atoms with van der Waals surface area (Å²) in [5.74, 6) is -0.612. The fourth-order valence-electron chi connectivity index (χ4n) is 3.06. The van der Waals surface area contributed by atoms with Crippen molar-refractivity contribution >= 4 is 22.9 Å². The van der Waals surface area contributed by atoms with Crippen molar-refractivity contribution in [1.29, 1.82) is 0 Å². The number of anilines is 1. The number of carbonyl (C=O) groups is 1. The minimum Gasteiger partial charge on any atom is -0.443 e. The molecule has 3 aromatic rings. The van der Waals surface area contributed by atoms with E-state index in [4.69, 9.17) is 4.74 Å². The normalized spacial score (nSPS) is 11.5. The van der Waals surface area contributed by atoms with Gasteiger partial charge in [-0.1, -0.05) is 24.3 Å². The van der Waals surface area contributed by atoms with Crippen molar-refractivity contribution in [2.45, 2.75) is 40.2 Å². The van der Waals surface area contributed by atoms with E-state index in [1.807, 2.05) is 6.07 Å². The molecule has 0 aliphatic rings. The average molecular weight is 397 g/mol. The molecule has 1 amide bonds. The van der Waals surface area contributed by atoms with Gasteiger partial charge in [0.05, 0.1) is 11.1 Å². The van der Waals surface area contributed by atoms with Gasteiger partial charge in [0.25, 0.3) is 5.56 Å². The molecule has 0 atom stereocenters. The van der Waals surface area contributed by atoms with Gasteiger partial charge in [-0.3, -0.25) is 4.79 Å². The Kier molecular flexibility index (Phi) is 5.42. The van der Waals surface area contributed by atoms with Crippen LogP contribution in [0.3, 0.4) is 0 Å². The Bertz CT molecular complexity index is 1120. The Labute approximate surface area is 168 Å². The molecule has 7 heteroatoms. The number of hydrogen-bond donors (Lipinski definition) is 0. The van der Waals surface area contributed by atoms with Gasteiger partial charge in [-0.2, -0.15) is 0 Å². The van der Waals surface area contributed by atoms with Gasteiger partial charge in [0.2, 0.25) is 5.95 Å². The lowest BCUT2D eigenvalue weighted by Crippen LogP contribution is -2.40. The summed E-state index contributed by atoms with van der Waals surface area (Å²) in [6.07, 6.45) is -0.663. The van der Waals surface area contributed by atoms with E-state index in [0.29, 0.717) is 11.3 Å². The Morgan fingerprint density at radius 1 is 1.17 bits per heavy atom. The largest absolute Gasteiger partial charge is 0.443 e. The molecule has 1 heterocycles. The van der Waals surface area contributed by atoms with Gasteiger partial charge < -0.3 is 4.74 Å². The molecule has 6 nitrogen and oxygen atoms in total. The number of aromatic nitrogens is 2. The summed E-state index contributed by atoms with van der Waals surface area (Å²) >= 11 is 0. The van der Waals surface area contributed by atoms with Crippen molar-refractivity contribution in [2.24, 2.45) is 0 Å². The molecule has 0 saturated carbocycles. The Morgan fingerprint density at radius 3 is 2.41 bits per heavy atom. The van der Waals surface area contributed by atoms with Crippen LogP contribution >= 0.6 is 0 Å². The topological polar surface area (TPSA) is 64.4 Å². The second kappa shape index (κ2) is 7.66. The van der Waals surface area contributed by atoms with Gasteiger partial charge in [-0.15, -0.1) is 0 Å². The van der Waals surface area contributed by atoms with Crippen molar-refractivity contribution in [3.63, 3.8) is 0 Å². The quantitative estimate of drug-likeness (QED) is 0.648. The van der Waals surface area contributed by atoms with E-state index < -0.39 is 23.1 Å². The summed E-state index contributed by atoms with van der Waals surface area (Å²) in [7, 11) is 0. The van der Waals surface area contributed by atoms with E-state index in [2.05, 4.69) is 4.98 Å². The number of amides is 1. The minimum absolute atomic E-state index is 0.00921. The number of hydrogen-bond acceptors (Lipinski definition) is 4. The van der Waals surface area contributed by atoms with Crippen molar-refractivity contribution in [1.82, 2.24) is 9.55 Å². The fourth-order valence-corrected chi connectivity index (χ4v) is 3.06. The van der Waals surface area contributed by atoms with Crippen molar-refractivity contribution in [3.8, 4) is 5.69 Å². The number of nitrogens with zero attached hydrogens (tertiary/aromatic N) is 3. The summed E-state index contributed by atoms with van der Waals surface area (Å²) in [4.78, 5) is 31.9. The van der Waals surface area contributed by atoms with Crippen LogP contribution in [-0.2, 0) is 4.74 Å². The van der Waals surface area contributed by atoms with Crippen LogP contribution in [0.25, 0.3) is 16.6 Å². The molecule has 0 aliphatic carbocycles. The molecule has 152 valence electrons. The highest BCUT2D eigenvalue weighted by Crippen LogP contribution is 2.24. The maximum atomic E-state index is 14.6. The molecule has 0 N–H and O–H groups in total. The van der Waals surface area contributed by atoms with E-state index >= 15 is 0 Å². The first-order valence-electron chi connectivity index (χ1n) is 9.42. The zero-order valence-electron chi connectivity index (χ0n) is 17.2. The SMILES string of the molecule is CCN(C(=O)OC(C)(C)C)c1nc2c(F)ccc(C)c2c(=O)n1-c1ccccc1. The van der Waals surface area contributed by atoms with Crippen LogP contribution in [-0.4, -0.2) is 27.8 Å². The van der Waals surface area contributed by atoms with Gasteiger partial charge in [-0.05, 0) is 58.4 Å². The summed E-state index contributed by atoms with van der Waals surface area (Å²) in [6, 6.07) is 11.6. The van der Waals surface area contributed by atoms with Crippen LogP contribution in [0.1, 0.15) is 33.3 Å². The highest BCUT2D eigenvalue weighted by Gasteiger charge is 2.28. The fraction of sp³-hybridized carbons (Fsp3) is 0.318. The zero-order valence-corrected chi connectivity index (χ0v) is 17.2. The first-order valence-corrected chi connectivity index (χ1v) is 9.42. The molecule has 0 radical (unpaired) electrons. The number of halogens is 1. The van der Waals surface area contributed by atoms with E-state index in [1.54, 1.807) is 65.0 Å². The molecule has 3 rings (SSSR count). The number of ether oxygens (including phenoxy) is 1. The number of para-hydroxylation sites is 1. The van der Waals surface area contributed by atoms with Crippen LogP contribution in [0, 0.1) is 12.7 Å². The van der Waals surface area contributed by atoms with Crippen molar-refractivity contribution in [3.05, 3.63) is 64.2 Å². The summed E-state index contributed by atoms with van der Waals surface area (Å²) in [5.41, 5.74) is -0.126. The average Bonchev–Trinajstić information content (AvgIpc) is 2.64. The maximum absolute atomic E-state index is 14.6. The molecule has 0 aliphatic heterocycles. The molecular weight excluding hydrogens is 373 g/mol. The first-order chi connectivity index (χ1) is 13.6. The van der Waals surface area contributed by atoms with E-state index in [1.165, 1.54) is 15.5 Å². The first kappa shape index (κ1) is 20.5. The third-order valence-electron chi connectivity index (χ3n) is 4.35. The summed E-state index contributed by atoms with van der Waals surface area (Å²) < 4.78 is 21.4.